The molecule has 0 aliphatic rings. The number of nitrogens with zero attached hydrogens (tertiary/aromatic N) is 1. The van der Waals surface area contributed by atoms with Gasteiger partial charge in [0.2, 0.25) is 0 Å². The number of rotatable bonds is 7. The van der Waals surface area contributed by atoms with Crippen LogP contribution in [0.3, 0.4) is 0 Å². The van der Waals surface area contributed by atoms with Gasteiger partial charge in [-0.1, -0.05) is 47.5 Å². The van der Waals surface area contributed by atoms with Crippen LogP contribution in [0.1, 0.15) is 97.6 Å². The fourth-order valence-corrected chi connectivity index (χ4v) is 2.36. The summed E-state index contributed by atoms with van der Waals surface area (Å²) in [4.78, 5) is 26.7. The Morgan fingerprint density at radius 3 is 2.13 bits per heavy atom. The molecule has 1 aromatic heterocycles. The Hall–Kier alpha value is -2.11. The fourth-order valence-electron chi connectivity index (χ4n) is 2.36. The number of ether oxygens (including phenoxy) is 2. The minimum atomic E-state index is -0.420. The first-order chi connectivity index (χ1) is 14.0. The monoisotopic (exact) mass is 424 g/mol. The van der Waals surface area contributed by atoms with E-state index in [1.54, 1.807) is 19.1 Å². The molecule has 0 aliphatic heterocycles. The van der Waals surface area contributed by atoms with Crippen LogP contribution in [0.4, 0.5) is 4.79 Å². The standard InChI is InChI=1S/C13H27NO2.C9H11NO2.C2H6/c1-7-9-11(10(3)8-2)14-12(15)16-13(4,5)6;1-3-12-9(11)8-5-4-7(2)10-6-8;1-2/h10-11H,7-9H2,1-6H3,(H,14,15);4-6H,3H2,1-2H3;1-2H3. The van der Waals surface area contributed by atoms with Gasteiger partial charge < -0.3 is 14.8 Å². The van der Waals surface area contributed by atoms with Crippen molar-refractivity contribution in [2.45, 2.75) is 100 Å². The summed E-state index contributed by atoms with van der Waals surface area (Å²) in [7, 11) is 0. The SMILES string of the molecule is CC.CCCC(NC(=O)OC(C)(C)C)C(C)CC.CCOC(=O)c1ccc(C)nc1. The molecule has 1 aromatic rings. The molecule has 6 heteroatoms. The van der Waals surface area contributed by atoms with E-state index in [2.05, 4.69) is 31.1 Å². The average molecular weight is 425 g/mol. The normalized spacial score (nSPS) is 12.2. The van der Waals surface area contributed by atoms with E-state index in [9.17, 15) is 9.59 Å². The number of nitrogens with one attached hydrogen (secondary N) is 1. The van der Waals surface area contributed by atoms with Crippen molar-refractivity contribution >= 4 is 12.1 Å². The molecule has 2 unspecified atom stereocenters. The van der Waals surface area contributed by atoms with Gasteiger partial charge in [0.15, 0.2) is 0 Å². The van der Waals surface area contributed by atoms with Crippen LogP contribution >= 0.6 is 0 Å². The minimum absolute atomic E-state index is 0.227. The van der Waals surface area contributed by atoms with E-state index in [4.69, 9.17) is 9.47 Å². The predicted octanol–water partition coefficient (Wildman–Crippen LogP) is 6.32. The van der Waals surface area contributed by atoms with Crippen molar-refractivity contribution in [2.24, 2.45) is 5.92 Å². The van der Waals surface area contributed by atoms with Crippen LogP contribution in [0.2, 0.25) is 0 Å². The van der Waals surface area contributed by atoms with Crippen LogP contribution in [0.5, 0.6) is 0 Å². The quantitative estimate of drug-likeness (QED) is 0.518. The van der Waals surface area contributed by atoms with Crippen LogP contribution in [0.15, 0.2) is 18.3 Å². The summed E-state index contributed by atoms with van der Waals surface area (Å²) in [6.07, 6.45) is 4.37. The molecule has 0 bridgehead atoms. The number of aromatic nitrogens is 1. The van der Waals surface area contributed by atoms with E-state index in [-0.39, 0.29) is 18.1 Å². The molecule has 0 radical (unpaired) electrons. The van der Waals surface area contributed by atoms with E-state index >= 15 is 0 Å². The first kappa shape index (κ1) is 30.1. The zero-order chi connectivity index (χ0) is 23.7. The number of pyridine rings is 1. The largest absolute Gasteiger partial charge is 0.462 e. The third-order valence-corrected chi connectivity index (χ3v) is 4.06. The summed E-state index contributed by atoms with van der Waals surface area (Å²) in [6.45, 7) is 20.1. The smallest absolute Gasteiger partial charge is 0.407 e. The molecule has 0 aromatic carbocycles. The molecular weight excluding hydrogens is 380 g/mol. The number of aryl methyl sites for hydroxylation is 1. The van der Waals surface area contributed by atoms with Crippen LogP contribution < -0.4 is 5.32 Å². The van der Waals surface area contributed by atoms with Crippen LogP contribution in [-0.4, -0.2) is 35.3 Å². The van der Waals surface area contributed by atoms with Gasteiger partial charge in [-0.2, -0.15) is 0 Å². The second-order valence-corrected chi connectivity index (χ2v) is 7.84. The second kappa shape index (κ2) is 16.7. The Morgan fingerprint density at radius 1 is 1.13 bits per heavy atom. The highest BCUT2D eigenvalue weighted by molar-refractivity contribution is 5.88. The van der Waals surface area contributed by atoms with Crippen LogP contribution in [0.25, 0.3) is 0 Å². The summed E-state index contributed by atoms with van der Waals surface area (Å²) in [5, 5.41) is 2.96. The van der Waals surface area contributed by atoms with Crippen molar-refractivity contribution in [2.75, 3.05) is 6.61 Å². The summed E-state index contributed by atoms with van der Waals surface area (Å²) in [5.41, 5.74) is 0.974. The zero-order valence-electron chi connectivity index (χ0n) is 20.8. The van der Waals surface area contributed by atoms with E-state index in [0.717, 1.165) is 25.0 Å². The van der Waals surface area contributed by atoms with Gasteiger partial charge in [-0.25, -0.2) is 9.59 Å². The molecule has 0 saturated carbocycles. The summed E-state index contributed by atoms with van der Waals surface area (Å²) < 4.78 is 10.0. The molecule has 1 N–H and O–H groups in total. The Kier molecular flexibility index (Phi) is 16.7. The van der Waals surface area contributed by atoms with Gasteiger partial charge in [-0.05, 0) is 59.1 Å². The molecule has 6 nitrogen and oxygen atoms in total. The number of carbonyl (C=O) groups is 2. The van der Waals surface area contributed by atoms with Gasteiger partial charge in [0, 0.05) is 17.9 Å². The van der Waals surface area contributed by atoms with Gasteiger partial charge in [0.1, 0.15) is 5.60 Å². The van der Waals surface area contributed by atoms with Gasteiger partial charge in [0.05, 0.1) is 12.2 Å². The van der Waals surface area contributed by atoms with Crippen molar-refractivity contribution in [3.63, 3.8) is 0 Å². The highest BCUT2D eigenvalue weighted by Crippen LogP contribution is 2.14. The molecule has 2 atom stereocenters. The summed E-state index contributed by atoms with van der Waals surface area (Å²) >= 11 is 0. The Labute approximate surface area is 184 Å². The first-order valence-electron chi connectivity index (χ1n) is 11.1. The van der Waals surface area contributed by atoms with Gasteiger partial charge >= 0.3 is 12.1 Å². The summed E-state index contributed by atoms with van der Waals surface area (Å²) in [6, 6.07) is 3.72. The molecule has 0 aliphatic carbocycles. The third kappa shape index (κ3) is 14.8. The Morgan fingerprint density at radius 2 is 1.73 bits per heavy atom. The number of amides is 1. The molecule has 1 rings (SSSR count). The number of hydrogen-bond acceptors (Lipinski definition) is 5. The van der Waals surface area contributed by atoms with Gasteiger partial charge in [0.25, 0.3) is 0 Å². The van der Waals surface area contributed by atoms with Crippen molar-refractivity contribution in [1.29, 1.82) is 0 Å². The van der Waals surface area contributed by atoms with Crippen molar-refractivity contribution in [3.8, 4) is 0 Å². The molecule has 0 fully saturated rings. The van der Waals surface area contributed by atoms with Gasteiger partial charge in [-0.15, -0.1) is 0 Å². The van der Waals surface area contributed by atoms with Gasteiger partial charge in [-0.3, -0.25) is 4.98 Å². The lowest BCUT2D eigenvalue weighted by Gasteiger charge is -2.26. The van der Waals surface area contributed by atoms with Crippen molar-refractivity contribution in [3.05, 3.63) is 29.6 Å². The second-order valence-electron chi connectivity index (χ2n) is 7.84. The van der Waals surface area contributed by atoms with Crippen molar-refractivity contribution in [1.82, 2.24) is 10.3 Å². The number of esters is 1. The zero-order valence-corrected chi connectivity index (χ0v) is 20.8. The molecule has 174 valence electrons. The van der Waals surface area contributed by atoms with E-state index < -0.39 is 5.60 Å². The maximum atomic E-state index is 11.6. The van der Waals surface area contributed by atoms with E-state index in [1.165, 1.54) is 6.20 Å². The van der Waals surface area contributed by atoms with Crippen LogP contribution in [-0.2, 0) is 9.47 Å². The molecule has 1 amide bonds. The summed E-state index contributed by atoms with van der Waals surface area (Å²) in [5.74, 6) is 0.178. The molecule has 0 saturated heterocycles. The topological polar surface area (TPSA) is 77.5 Å². The lowest BCUT2D eigenvalue weighted by atomic mass is 9.95. The van der Waals surface area contributed by atoms with Crippen molar-refractivity contribution < 1.29 is 19.1 Å². The molecule has 0 spiro atoms. The number of carbonyl (C=O) groups excluding carboxylic acids is 2. The highest BCUT2D eigenvalue weighted by Gasteiger charge is 2.21. The predicted molar refractivity (Wildman–Crippen MR) is 124 cm³/mol. The lowest BCUT2D eigenvalue weighted by molar-refractivity contribution is 0.0481. The molecule has 30 heavy (non-hydrogen) atoms. The average Bonchev–Trinajstić information content (AvgIpc) is 2.68. The maximum Gasteiger partial charge on any atom is 0.407 e. The van der Waals surface area contributed by atoms with E-state index in [0.29, 0.717) is 18.1 Å². The fraction of sp³-hybridized carbons (Fsp3) is 0.708. The molecular formula is C24H44N2O4. The number of alkyl carbamates (subject to hydrolysis) is 1. The highest BCUT2D eigenvalue weighted by atomic mass is 16.6. The lowest BCUT2D eigenvalue weighted by Crippen LogP contribution is -2.42. The Balaban J connectivity index is 0. The van der Waals surface area contributed by atoms with Crippen LogP contribution in [0, 0.1) is 12.8 Å². The maximum absolute atomic E-state index is 11.6. The third-order valence-electron chi connectivity index (χ3n) is 4.06. The minimum Gasteiger partial charge on any atom is -0.462 e. The molecule has 1 heterocycles. The number of hydrogen-bond donors (Lipinski definition) is 1. The van der Waals surface area contributed by atoms with E-state index in [1.807, 2.05) is 41.5 Å². The Bertz CT molecular complexity index is 580. The first-order valence-corrected chi connectivity index (χ1v) is 11.1.